The van der Waals surface area contributed by atoms with Crippen LogP contribution in [0.1, 0.15) is 30.1 Å². The van der Waals surface area contributed by atoms with Crippen molar-refractivity contribution < 1.29 is 9.69 Å². The highest BCUT2D eigenvalue weighted by Crippen LogP contribution is 2.19. The van der Waals surface area contributed by atoms with Crippen LogP contribution >= 0.6 is 0 Å². The normalized spacial score (nSPS) is 20.9. The van der Waals surface area contributed by atoms with Gasteiger partial charge in [-0.05, 0) is 30.2 Å². The van der Waals surface area contributed by atoms with E-state index in [-0.39, 0.29) is 5.91 Å². The van der Waals surface area contributed by atoms with Crippen molar-refractivity contribution in [1.29, 1.82) is 0 Å². The molecule has 120 valence electrons. The highest BCUT2D eigenvalue weighted by atomic mass is 16.1. The summed E-state index contributed by atoms with van der Waals surface area (Å²) < 4.78 is 0. The van der Waals surface area contributed by atoms with Crippen LogP contribution in [-0.2, 0) is 0 Å². The van der Waals surface area contributed by atoms with E-state index in [4.69, 9.17) is 0 Å². The first kappa shape index (κ1) is 15.8. The summed E-state index contributed by atoms with van der Waals surface area (Å²) in [5.74, 6) is 0.0505. The summed E-state index contributed by atoms with van der Waals surface area (Å²) in [6.45, 7) is 5.73. The van der Waals surface area contributed by atoms with Gasteiger partial charge in [0.05, 0.1) is 19.6 Å². The first-order valence-corrected chi connectivity index (χ1v) is 8.56. The van der Waals surface area contributed by atoms with Gasteiger partial charge in [0.1, 0.15) is 0 Å². The van der Waals surface area contributed by atoms with E-state index in [2.05, 4.69) is 24.4 Å². The fourth-order valence-electron chi connectivity index (χ4n) is 3.24. The predicted octanol–water partition coefficient (Wildman–Crippen LogP) is 2.15. The van der Waals surface area contributed by atoms with E-state index in [9.17, 15) is 4.79 Å². The summed E-state index contributed by atoms with van der Waals surface area (Å²) in [6.07, 6.45) is 2.16. The Balaban J connectivity index is 1.60. The van der Waals surface area contributed by atoms with Crippen molar-refractivity contribution in [3.05, 3.63) is 60.2 Å². The first-order valence-electron chi connectivity index (χ1n) is 8.56. The number of amides is 1. The largest absolute Gasteiger partial charge is 0.349 e. The quantitative estimate of drug-likeness (QED) is 0.891. The molecule has 23 heavy (non-hydrogen) atoms. The minimum atomic E-state index is 0.0505. The lowest BCUT2D eigenvalue weighted by atomic mass is 10.0. The zero-order valence-electron chi connectivity index (χ0n) is 13.7. The molecule has 0 bridgehead atoms. The summed E-state index contributed by atoms with van der Waals surface area (Å²) in [5.41, 5.74) is 3.06. The molecule has 1 saturated heterocycles. The molecule has 1 fully saturated rings. The Morgan fingerprint density at radius 2 is 1.61 bits per heavy atom. The highest BCUT2D eigenvalue weighted by Gasteiger charge is 2.22. The molecule has 0 radical (unpaired) electrons. The summed E-state index contributed by atoms with van der Waals surface area (Å²) in [6, 6.07) is 18.4. The molecule has 3 nitrogen and oxygen atoms in total. The summed E-state index contributed by atoms with van der Waals surface area (Å²) >= 11 is 0. The van der Waals surface area contributed by atoms with Crippen LogP contribution in [0.15, 0.2) is 54.6 Å². The number of likely N-dealkylation sites (tertiary alicyclic amines) is 1. The van der Waals surface area contributed by atoms with Crippen LogP contribution in [0, 0.1) is 0 Å². The number of hydrogen-bond acceptors (Lipinski definition) is 1. The van der Waals surface area contributed by atoms with E-state index in [1.54, 1.807) is 4.90 Å². The standard InChI is InChI=1S/C20H24N2O/c1-2-22-14-12-19(13-15-22)21-20(23)18-10-8-17(9-11-18)16-6-4-3-5-7-16/h3-11,19H,2,12-15H2,1H3,(H,21,23)/p+1. The maximum Gasteiger partial charge on any atom is 0.251 e. The van der Waals surface area contributed by atoms with Gasteiger partial charge in [-0.1, -0.05) is 42.5 Å². The van der Waals surface area contributed by atoms with Gasteiger partial charge in [-0.15, -0.1) is 0 Å². The zero-order valence-corrected chi connectivity index (χ0v) is 13.7. The predicted molar refractivity (Wildman–Crippen MR) is 93.6 cm³/mol. The van der Waals surface area contributed by atoms with E-state index >= 15 is 0 Å². The van der Waals surface area contributed by atoms with E-state index in [1.165, 1.54) is 12.1 Å². The van der Waals surface area contributed by atoms with Crippen molar-refractivity contribution in [2.24, 2.45) is 0 Å². The Morgan fingerprint density at radius 3 is 2.22 bits per heavy atom. The maximum atomic E-state index is 12.4. The third kappa shape index (κ3) is 3.99. The number of hydrogen-bond donors (Lipinski definition) is 2. The molecule has 2 N–H and O–H groups in total. The van der Waals surface area contributed by atoms with Crippen molar-refractivity contribution in [3.8, 4) is 11.1 Å². The smallest absolute Gasteiger partial charge is 0.251 e. The van der Waals surface area contributed by atoms with Gasteiger partial charge in [0.15, 0.2) is 0 Å². The number of quaternary nitrogens is 1. The van der Waals surface area contributed by atoms with Gasteiger partial charge < -0.3 is 10.2 Å². The molecule has 0 saturated carbocycles. The van der Waals surface area contributed by atoms with Gasteiger partial charge in [-0.2, -0.15) is 0 Å². The molecule has 1 amide bonds. The number of nitrogens with one attached hydrogen (secondary N) is 2. The van der Waals surface area contributed by atoms with Crippen molar-refractivity contribution >= 4 is 5.91 Å². The minimum Gasteiger partial charge on any atom is -0.349 e. The molecule has 0 atom stereocenters. The van der Waals surface area contributed by atoms with E-state index in [0.717, 1.165) is 37.1 Å². The van der Waals surface area contributed by atoms with Gasteiger partial charge in [0.25, 0.3) is 5.91 Å². The second kappa shape index (κ2) is 7.42. The molecule has 0 aliphatic carbocycles. The minimum absolute atomic E-state index is 0.0505. The van der Waals surface area contributed by atoms with Crippen LogP contribution in [0.5, 0.6) is 0 Å². The van der Waals surface area contributed by atoms with Gasteiger partial charge in [-0.3, -0.25) is 4.79 Å². The Labute approximate surface area is 138 Å². The number of piperidine rings is 1. The molecule has 3 heteroatoms. The number of rotatable bonds is 4. The molecule has 1 aliphatic heterocycles. The number of carbonyl (C=O) groups is 1. The van der Waals surface area contributed by atoms with Crippen molar-refractivity contribution in [2.45, 2.75) is 25.8 Å². The van der Waals surface area contributed by atoms with Gasteiger partial charge in [0, 0.05) is 24.4 Å². The maximum absolute atomic E-state index is 12.4. The van der Waals surface area contributed by atoms with Crippen LogP contribution in [-0.4, -0.2) is 31.6 Å². The number of carbonyl (C=O) groups excluding carboxylic acids is 1. The lowest BCUT2D eigenvalue weighted by molar-refractivity contribution is -0.903. The molecule has 0 unspecified atom stereocenters. The summed E-state index contributed by atoms with van der Waals surface area (Å²) in [5, 5.41) is 3.19. The third-order valence-corrected chi connectivity index (χ3v) is 4.78. The lowest BCUT2D eigenvalue weighted by Crippen LogP contribution is -3.13. The van der Waals surface area contributed by atoms with Crippen molar-refractivity contribution in [1.82, 2.24) is 5.32 Å². The molecule has 2 aromatic carbocycles. The van der Waals surface area contributed by atoms with Crippen molar-refractivity contribution in [2.75, 3.05) is 19.6 Å². The third-order valence-electron chi connectivity index (χ3n) is 4.78. The first-order chi connectivity index (χ1) is 11.3. The molecule has 0 spiro atoms. The van der Waals surface area contributed by atoms with E-state index in [1.807, 2.05) is 42.5 Å². The lowest BCUT2D eigenvalue weighted by Gasteiger charge is -2.29. The molecule has 1 aliphatic rings. The van der Waals surface area contributed by atoms with Crippen molar-refractivity contribution in [3.63, 3.8) is 0 Å². The van der Waals surface area contributed by atoms with E-state index < -0.39 is 0 Å². The van der Waals surface area contributed by atoms with Crippen LogP contribution < -0.4 is 10.2 Å². The Bertz CT molecular complexity index is 628. The van der Waals surface area contributed by atoms with Gasteiger partial charge in [-0.25, -0.2) is 0 Å². The Kier molecular flexibility index (Phi) is 5.09. The average Bonchev–Trinajstić information content (AvgIpc) is 2.63. The highest BCUT2D eigenvalue weighted by molar-refractivity contribution is 5.94. The number of benzene rings is 2. The van der Waals surface area contributed by atoms with Crippen LogP contribution in [0.3, 0.4) is 0 Å². The van der Waals surface area contributed by atoms with Gasteiger partial charge >= 0.3 is 0 Å². The van der Waals surface area contributed by atoms with E-state index in [0.29, 0.717) is 6.04 Å². The van der Waals surface area contributed by atoms with Crippen LogP contribution in [0.25, 0.3) is 11.1 Å². The molecular formula is C20H25N2O+. The topological polar surface area (TPSA) is 33.5 Å². The van der Waals surface area contributed by atoms with Crippen LogP contribution in [0.2, 0.25) is 0 Å². The zero-order chi connectivity index (χ0) is 16.1. The molecule has 0 aromatic heterocycles. The second-order valence-corrected chi connectivity index (χ2v) is 6.29. The second-order valence-electron chi connectivity index (χ2n) is 6.29. The van der Waals surface area contributed by atoms with Gasteiger partial charge in [0.2, 0.25) is 0 Å². The fraction of sp³-hybridized carbons (Fsp3) is 0.350. The fourth-order valence-corrected chi connectivity index (χ4v) is 3.24. The molecule has 2 aromatic rings. The SMILES string of the molecule is CC[NH+]1CCC(NC(=O)c2ccc(-c3ccccc3)cc2)CC1. The monoisotopic (exact) mass is 309 g/mol. The molecule has 3 rings (SSSR count). The Morgan fingerprint density at radius 1 is 1.00 bits per heavy atom. The molecular weight excluding hydrogens is 284 g/mol. The Hall–Kier alpha value is -2.13. The summed E-state index contributed by atoms with van der Waals surface area (Å²) in [7, 11) is 0. The summed E-state index contributed by atoms with van der Waals surface area (Å²) in [4.78, 5) is 14.0. The molecule has 1 heterocycles. The van der Waals surface area contributed by atoms with Crippen LogP contribution in [0.4, 0.5) is 0 Å². The average molecular weight is 309 g/mol.